The number of nitrogens with zero attached hydrogens (tertiary/aromatic N) is 4. The fourth-order valence-corrected chi connectivity index (χ4v) is 3.17. The van der Waals surface area contributed by atoms with Crippen LogP contribution >= 0.6 is 0 Å². The van der Waals surface area contributed by atoms with E-state index in [0.29, 0.717) is 22.8 Å². The summed E-state index contributed by atoms with van der Waals surface area (Å²) in [5, 5.41) is 12.2. The Hall–Kier alpha value is -3.20. The molecule has 1 saturated carbocycles. The molecule has 6 nitrogen and oxygen atoms in total. The Kier molecular flexibility index (Phi) is 3.92. The second kappa shape index (κ2) is 6.26. The van der Waals surface area contributed by atoms with Crippen molar-refractivity contribution in [2.24, 2.45) is 5.92 Å². The van der Waals surface area contributed by atoms with Crippen LogP contribution in [-0.4, -0.2) is 26.3 Å². The lowest BCUT2D eigenvalue weighted by molar-refractivity contribution is 0.0933. The highest BCUT2D eigenvalue weighted by molar-refractivity contribution is 5.98. The fraction of sp³-hybridized carbons (Fsp3) is 0.300. The summed E-state index contributed by atoms with van der Waals surface area (Å²) in [5.41, 5.74) is 3.92. The number of rotatable bonds is 4. The van der Waals surface area contributed by atoms with E-state index in [0.717, 1.165) is 17.0 Å². The number of aromatic nitrogens is 3. The van der Waals surface area contributed by atoms with Crippen LogP contribution in [0.15, 0.2) is 36.7 Å². The molecule has 1 aromatic carbocycles. The average molecular weight is 345 g/mol. The first kappa shape index (κ1) is 16.3. The van der Waals surface area contributed by atoms with Crippen LogP contribution in [0.4, 0.5) is 0 Å². The molecule has 0 spiro atoms. The van der Waals surface area contributed by atoms with Crippen LogP contribution in [0.3, 0.4) is 0 Å². The zero-order valence-electron chi connectivity index (χ0n) is 14.7. The minimum atomic E-state index is -0.193. The predicted octanol–water partition coefficient (Wildman–Crippen LogP) is 3.10. The number of hydrogen-bond acceptors (Lipinski definition) is 4. The van der Waals surface area contributed by atoms with Gasteiger partial charge in [-0.2, -0.15) is 5.26 Å². The lowest BCUT2D eigenvalue weighted by Gasteiger charge is -2.12. The third-order valence-electron chi connectivity index (χ3n) is 4.88. The van der Waals surface area contributed by atoms with Crippen LogP contribution in [0, 0.1) is 24.2 Å². The number of amides is 1. The van der Waals surface area contributed by atoms with E-state index < -0.39 is 0 Å². The summed E-state index contributed by atoms with van der Waals surface area (Å²) in [6.07, 6.45) is 3.97. The maximum absolute atomic E-state index is 12.7. The van der Waals surface area contributed by atoms with Gasteiger partial charge in [-0.05, 0) is 50.8 Å². The Labute approximate surface area is 151 Å². The maximum Gasteiger partial charge on any atom is 0.274 e. The molecule has 4 rings (SSSR count). The van der Waals surface area contributed by atoms with Crippen molar-refractivity contribution in [3.63, 3.8) is 0 Å². The molecule has 3 aromatic rings. The first-order chi connectivity index (χ1) is 12.6. The van der Waals surface area contributed by atoms with E-state index in [1.165, 1.54) is 12.8 Å². The molecule has 130 valence electrons. The average Bonchev–Trinajstić information content (AvgIpc) is 3.41. The largest absolute Gasteiger partial charge is 0.348 e. The Morgan fingerprint density at radius 3 is 2.92 bits per heavy atom. The zero-order chi connectivity index (χ0) is 18.3. The highest BCUT2D eigenvalue weighted by Crippen LogP contribution is 2.32. The van der Waals surface area contributed by atoms with Gasteiger partial charge in [0, 0.05) is 17.3 Å². The van der Waals surface area contributed by atoms with Gasteiger partial charge in [0.1, 0.15) is 6.33 Å². The molecule has 1 amide bonds. The Morgan fingerprint density at radius 1 is 1.38 bits per heavy atom. The Balaban J connectivity index is 1.75. The number of benzene rings is 1. The summed E-state index contributed by atoms with van der Waals surface area (Å²) < 4.78 is 1.81. The van der Waals surface area contributed by atoms with E-state index in [2.05, 4.69) is 21.4 Å². The van der Waals surface area contributed by atoms with Gasteiger partial charge in [-0.25, -0.2) is 9.97 Å². The molecule has 2 aromatic heterocycles. The SMILES string of the molecule is Cc1cc(-c2cccc(C#N)c2)nc2c(C(=O)NC(C)C3CC3)ncn12. The van der Waals surface area contributed by atoms with Gasteiger partial charge in [0.15, 0.2) is 11.3 Å². The van der Waals surface area contributed by atoms with E-state index in [4.69, 9.17) is 5.26 Å². The van der Waals surface area contributed by atoms with Gasteiger partial charge in [-0.3, -0.25) is 9.20 Å². The molecular formula is C20H19N5O. The smallest absolute Gasteiger partial charge is 0.274 e. The van der Waals surface area contributed by atoms with E-state index in [9.17, 15) is 4.79 Å². The van der Waals surface area contributed by atoms with Crippen molar-refractivity contribution in [1.82, 2.24) is 19.7 Å². The molecular weight excluding hydrogens is 326 g/mol. The minimum Gasteiger partial charge on any atom is -0.348 e. The van der Waals surface area contributed by atoms with Gasteiger partial charge in [0.05, 0.1) is 17.3 Å². The van der Waals surface area contributed by atoms with E-state index >= 15 is 0 Å². The monoisotopic (exact) mass is 345 g/mol. The molecule has 1 N–H and O–H groups in total. The van der Waals surface area contributed by atoms with Gasteiger partial charge in [0.2, 0.25) is 0 Å². The van der Waals surface area contributed by atoms with Crippen molar-refractivity contribution in [3.8, 4) is 17.3 Å². The van der Waals surface area contributed by atoms with Crippen molar-refractivity contribution < 1.29 is 4.79 Å². The van der Waals surface area contributed by atoms with Gasteiger partial charge < -0.3 is 5.32 Å². The Morgan fingerprint density at radius 2 is 2.19 bits per heavy atom. The van der Waals surface area contributed by atoms with Gasteiger partial charge in [0.25, 0.3) is 5.91 Å². The molecule has 26 heavy (non-hydrogen) atoms. The Bertz CT molecular complexity index is 1040. The fourth-order valence-electron chi connectivity index (χ4n) is 3.17. The molecule has 1 fully saturated rings. The lowest BCUT2D eigenvalue weighted by atomic mass is 10.1. The highest BCUT2D eigenvalue weighted by Gasteiger charge is 2.30. The first-order valence-electron chi connectivity index (χ1n) is 8.73. The number of nitrogens with one attached hydrogen (secondary N) is 1. The molecule has 1 unspecified atom stereocenters. The summed E-state index contributed by atoms with van der Waals surface area (Å²) in [7, 11) is 0. The van der Waals surface area contributed by atoms with Crippen LogP contribution in [0.25, 0.3) is 16.9 Å². The van der Waals surface area contributed by atoms with Crippen molar-refractivity contribution >= 4 is 11.6 Å². The summed E-state index contributed by atoms with van der Waals surface area (Å²) in [5.74, 6) is 0.383. The number of nitriles is 1. The standard InChI is InChI=1S/C20H19N5O/c1-12-8-17(16-5-3-4-14(9-16)10-21)24-19-18(22-11-25(12)19)20(26)23-13(2)15-6-7-15/h3-5,8-9,11,13,15H,6-7H2,1-2H3,(H,23,26). The first-order valence-corrected chi connectivity index (χ1v) is 8.73. The molecule has 2 heterocycles. The van der Waals surface area contributed by atoms with Gasteiger partial charge in [-0.1, -0.05) is 12.1 Å². The summed E-state index contributed by atoms with van der Waals surface area (Å²) in [6.45, 7) is 3.98. The van der Waals surface area contributed by atoms with Crippen molar-refractivity contribution in [1.29, 1.82) is 5.26 Å². The normalized spacial score (nSPS) is 14.8. The third kappa shape index (κ3) is 2.93. The van der Waals surface area contributed by atoms with Crippen molar-refractivity contribution in [2.45, 2.75) is 32.7 Å². The van der Waals surface area contributed by atoms with Crippen LogP contribution in [0.1, 0.15) is 41.5 Å². The molecule has 0 bridgehead atoms. The summed E-state index contributed by atoms with van der Waals surface area (Å²) in [6, 6.07) is 11.5. The van der Waals surface area contributed by atoms with Crippen LogP contribution in [0.5, 0.6) is 0 Å². The number of carbonyl (C=O) groups excluding carboxylic acids is 1. The third-order valence-corrected chi connectivity index (χ3v) is 4.88. The molecule has 0 aliphatic heterocycles. The van der Waals surface area contributed by atoms with E-state index in [-0.39, 0.29) is 11.9 Å². The second-order valence-electron chi connectivity index (χ2n) is 6.86. The van der Waals surface area contributed by atoms with Gasteiger partial charge >= 0.3 is 0 Å². The summed E-state index contributed by atoms with van der Waals surface area (Å²) >= 11 is 0. The topological polar surface area (TPSA) is 83.1 Å². The van der Waals surface area contributed by atoms with Gasteiger partial charge in [-0.15, -0.1) is 0 Å². The number of aryl methyl sites for hydroxylation is 1. The molecule has 0 saturated heterocycles. The summed E-state index contributed by atoms with van der Waals surface area (Å²) in [4.78, 5) is 21.6. The second-order valence-corrected chi connectivity index (χ2v) is 6.86. The number of carbonyl (C=O) groups is 1. The molecule has 1 aliphatic carbocycles. The van der Waals surface area contributed by atoms with E-state index in [1.54, 1.807) is 18.5 Å². The molecule has 6 heteroatoms. The van der Waals surface area contributed by atoms with Crippen LogP contribution < -0.4 is 5.32 Å². The molecule has 0 radical (unpaired) electrons. The number of imidazole rings is 1. The van der Waals surface area contributed by atoms with E-state index in [1.807, 2.05) is 36.4 Å². The van der Waals surface area contributed by atoms with Crippen molar-refractivity contribution in [2.75, 3.05) is 0 Å². The molecule has 1 atom stereocenters. The minimum absolute atomic E-state index is 0.149. The number of fused-ring (bicyclic) bond motifs is 1. The molecule has 1 aliphatic rings. The highest BCUT2D eigenvalue weighted by atomic mass is 16.2. The lowest BCUT2D eigenvalue weighted by Crippen LogP contribution is -2.34. The quantitative estimate of drug-likeness (QED) is 0.787. The van der Waals surface area contributed by atoms with Crippen LogP contribution in [0.2, 0.25) is 0 Å². The van der Waals surface area contributed by atoms with Crippen LogP contribution in [-0.2, 0) is 0 Å². The number of hydrogen-bond donors (Lipinski definition) is 1. The predicted molar refractivity (Wildman–Crippen MR) is 97.5 cm³/mol. The maximum atomic E-state index is 12.7. The van der Waals surface area contributed by atoms with Crippen molar-refractivity contribution in [3.05, 3.63) is 53.6 Å². The zero-order valence-corrected chi connectivity index (χ0v) is 14.7.